The van der Waals surface area contributed by atoms with Crippen LogP contribution in [0.25, 0.3) is 0 Å². The SMILES string of the molecule is C=C1CC[C@H]2[C@@H]3CC[C@@H]4C[C@H](OC(C)=O)CC[C@]4(C)[C@H]3CC[C@]12C. The van der Waals surface area contributed by atoms with Gasteiger partial charge in [-0.3, -0.25) is 4.79 Å². The first-order valence-electron chi connectivity index (χ1n) is 10.2. The third kappa shape index (κ3) is 2.31. The van der Waals surface area contributed by atoms with Gasteiger partial charge in [0.05, 0.1) is 0 Å². The number of ether oxygens (including phenoxy) is 1. The van der Waals surface area contributed by atoms with Crippen molar-refractivity contribution in [3.05, 3.63) is 12.2 Å². The molecule has 4 aliphatic rings. The molecule has 0 saturated heterocycles. The van der Waals surface area contributed by atoms with E-state index in [2.05, 4.69) is 20.4 Å². The number of esters is 1. The Balaban J connectivity index is 1.54. The smallest absolute Gasteiger partial charge is 0.302 e. The summed E-state index contributed by atoms with van der Waals surface area (Å²) in [4.78, 5) is 11.3. The van der Waals surface area contributed by atoms with Gasteiger partial charge in [-0.25, -0.2) is 0 Å². The number of allylic oxidation sites excluding steroid dienone is 1. The highest BCUT2D eigenvalue weighted by atomic mass is 16.5. The molecular weight excluding hydrogens is 296 g/mol. The second-order valence-electron chi connectivity index (χ2n) is 9.76. The maximum atomic E-state index is 11.3. The van der Waals surface area contributed by atoms with Gasteiger partial charge in [0.1, 0.15) is 6.10 Å². The summed E-state index contributed by atoms with van der Waals surface area (Å²) in [5.41, 5.74) is 2.45. The van der Waals surface area contributed by atoms with Crippen LogP contribution in [0.4, 0.5) is 0 Å². The Kier molecular flexibility index (Phi) is 3.89. The molecule has 0 radical (unpaired) electrons. The van der Waals surface area contributed by atoms with Crippen LogP contribution in [-0.2, 0) is 9.53 Å². The van der Waals surface area contributed by atoms with E-state index in [1.54, 1.807) is 6.92 Å². The first-order chi connectivity index (χ1) is 11.3. The molecule has 0 aliphatic heterocycles. The fourth-order valence-electron chi connectivity index (χ4n) is 7.47. The minimum absolute atomic E-state index is 0.102. The summed E-state index contributed by atoms with van der Waals surface area (Å²) in [6, 6.07) is 0. The number of carbonyl (C=O) groups is 1. The molecule has 0 aromatic rings. The van der Waals surface area contributed by atoms with Crippen LogP contribution in [0.1, 0.15) is 78.6 Å². The molecule has 0 heterocycles. The zero-order chi connectivity index (χ0) is 17.1. The van der Waals surface area contributed by atoms with Gasteiger partial charge in [0.2, 0.25) is 0 Å². The first kappa shape index (κ1) is 16.7. The highest BCUT2D eigenvalue weighted by Crippen LogP contribution is 2.67. The minimum Gasteiger partial charge on any atom is -0.463 e. The molecule has 0 N–H and O–H groups in total. The molecule has 0 unspecified atom stereocenters. The zero-order valence-corrected chi connectivity index (χ0v) is 15.8. The van der Waals surface area contributed by atoms with Crippen molar-refractivity contribution in [2.75, 3.05) is 0 Å². The maximum absolute atomic E-state index is 11.3. The lowest BCUT2D eigenvalue weighted by Gasteiger charge is -2.60. The van der Waals surface area contributed by atoms with E-state index in [4.69, 9.17) is 4.74 Å². The van der Waals surface area contributed by atoms with Gasteiger partial charge in [0, 0.05) is 6.92 Å². The average Bonchev–Trinajstić information content (AvgIpc) is 2.83. The number of carbonyl (C=O) groups excluding carboxylic acids is 1. The standard InChI is InChI=1S/C22H34O2/c1-14-5-8-19-18-7-6-16-13-17(24-15(2)23)9-11-22(16,4)20(18)10-12-21(14,19)3/h16-20H,1,5-13H2,2-4H3/t16-,17-,18+,19+,20+,21-,22+/m1/s1. The van der Waals surface area contributed by atoms with Crippen molar-refractivity contribution in [2.24, 2.45) is 34.5 Å². The van der Waals surface area contributed by atoms with Crippen LogP contribution in [0.3, 0.4) is 0 Å². The predicted octanol–water partition coefficient (Wildman–Crippen LogP) is 5.52. The van der Waals surface area contributed by atoms with Gasteiger partial charge in [-0.05, 0) is 92.3 Å². The fourth-order valence-corrected chi connectivity index (χ4v) is 7.47. The lowest BCUT2D eigenvalue weighted by molar-refractivity contribution is -0.158. The summed E-state index contributed by atoms with van der Waals surface area (Å²) < 4.78 is 5.57. The molecule has 0 bridgehead atoms. The summed E-state index contributed by atoms with van der Waals surface area (Å²) in [5.74, 6) is 3.33. The van der Waals surface area contributed by atoms with Crippen LogP contribution in [0.2, 0.25) is 0 Å². The van der Waals surface area contributed by atoms with E-state index in [0.717, 1.165) is 36.5 Å². The number of hydrogen-bond donors (Lipinski definition) is 0. The lowest BCUT2D eigenvalue weighted by atomic mass is 9.45. The van der Waals surface area contributed by atoms with Gasteiger partial charge >= 0.3 is 5.97 Å². The Hall–Kier alpha value is -0.790. The molecule has 134 valence electrons. The number of rotatable bonds is 1. The molecule has 4 fully saturated rings. The molecular formula is C22H34O2. The van der Waals surface area contributed by atoms with Gasteiger partial charge < -0.3 is 4.74 Å². The highest BCUT2D eigenvalue weighted by molar-refractivity contribution is 5.66. The van der Waals surface area contributed by atoms with E-state index in [-0.39, 0.29) is 12.1 Å². The topological polar surface area (TPSA) is 26.3 Å². The van der Waals surface area contributed by atoms with E-state index >= 15 is 0 Å². The van der Waals surface area contributed by atoms with Crippen LogP contribution in [0.5, 0.6) is 0 Å². The summed E-state index contributed by atoms with van der Waals surface area (Å²) >= 11 is 0. The molecule has 2 heteroatoms. The summed E-state index contributed by atoms with van der Waals surface area (Å²) in [5, 5.41) is 0. The second kappa shape index (κ2) is 5.61. The Morgan fingerprint density at radius 3 is 2.62 bits per heavy atom. The molecule has 2 nitrogen and oxygen atoms in total. The van der Waals surface area contributed by atoms with Gasteiger partial charge in [-0.2, -0.15) is 0 Å². The third-order valence-electron chi connectivity index (χ3n) is 8.90. The van der Waals surface area contributed by atoms with Crippen molar-refractivity contribution in [3.63, 3.8) is 0 Å². The zero-order valence-electron chi connectivity index (χ0n) is 15.8. The average molecular weight is 331 g/mol. The quantitative estimate of drug-likeness (QED) is 0.467. The van der Waals surface area contributed by atoms with Crippen molar-refractivity contribution in [1.82, 2.24) is 0 Å². The fraction of sp³-hybridized carbons (Fsp3) is 0.864. The molecule has 7 atom stereocenters. The Morgan fingerprint density at radius 2 is 1.88 bits per heavy atom. The van der Waals surface area contributed by atoms with Crippen molar-refractivity contribution in [2.45, 2.75) is 84.7 Å². The minimum atomic E-state index is -0.102. The monoisotopic (exact) mass is 330 g/mol. The predicted molar refractivity (Wildman–Crippen MR) is 96.4 cm³/mol. The highest BCUT2D eigenvalue weighted by Gasteiger charge is 2.58. The molecule has 0 aromatic carbocycles. The molecule has 0 amide bonds. The van der Waals surface area contributed by atoms with E-state index < -0.39 is 0 Å². The van der Waals surface area contributed by atoms with Crippen molar-refractivity contribution >= 4 is 5.97 Å². The van der Waals surface area contributed by atoms with E-state index in [0.29, 0.717) is 10.8 Å². The maximum Gasteiger partial charge on any atom is 0.302 e. The van der Waals surface area contributed by atoms with Gasteiger partial charge in [0.25, 0.3) is 0 Å². The Labute approximate surface area is 147 Å². The molecule has 4 rings (SSSR count). The van der Waals surface area contributed by atoms with Crippen molar-refractivity contribution in [1.29, 1.82) is 0 Å². The Bertz CT molecular complexity index is 552. The van der Waals surface area contributed by atoms with Crippen LogP contribution in [0, 0.1) is 34.5 Å². The Morgan fingerprint density at radius 1 is 1.08 bits per heavy atom. The summed E-state index contributed by atoms with van der Waals surface area (Å²) in [7, 11) is 0. The molecule has 4 saturated carbocycles. The summed E-state index contributed by atoms with van der Waals surface area (Å²) in [6.07, 6.45) is 11.7. The second-order valence-corrected chi connectivity index (χ2v) is 9.76. The van der Waals surface area contributed by atoms with Gasteiger partial charge in [-0.1, -0.05) is 26.0 Å². The van der Waals surface area contributed by atoms with Crippen molar-refractivity contribution in [3.8, 4) is 0 Å². The summed E-state index contributed by atoms with van der Waals surface area (Å²) in [6.45, 7) is 11.1. The van der Waals surface area contributed by atoms with Crippen LogP contribution < -0.4 is 0 Å². The number of fused-ring (bicyclic) bond motifs is 5. The van der Waals surface area contributed by atoms with Crippen LogP contribution >= 0.6 is 0 Å². The van der Waals surface area contributed by atoms with Crippen molar-refractivity contribution < 1.29 is 9.53 Å². The molecule has 0 spiro atoms. The van der Waals surface area contributed by atoms with E-state index in [1.807, 2.05) is 0 Å². The van der Waals surface area contributed by atoms with Crippen LogP contribution in [0.15, 0.2) is 12.2 Å². The van der Waals surface area contributed by atoms with Crippen LogP contribution in [-0.4, -0.2) is 12.1 Å². The molecule has 0 aromatic heterocycles. The van der Waals surface area contributed by atoms with Gasteiger partial charge in [-0.15, -0.1) is 0 Å². The largest absolute Gasteiger partial charge is 0.463 e. The molecule has 4 aliphatic carbocycles. The lowest BCUT2D eigenvalue weighted by Crippen LogP contribution is -2.53. The third-order valence-corrected chi connectivity index (χ3v) is 8.90. The number of hydrogen-bond acceptors (Lipinski definition) is 2. The van der Waals surface area contributed by atoms with E-state index in [9.17, 15) is 4.79 Å². The molecule has 24 heavy (non-hydrogen) atoms. The first-order valence-corrected chi connectivity index (χ1v) is 10.2. The van der Waals surface area contributed by atoms with E-state index in [1.165, 1.54) is 50.5 Å². The normalized spacial score (nSPS) is 50.6. The van der Waals surface area contributed by atoms with Gasteiger partial charge in [0.15, 0.2) is 0 Å².